The molecule has 0 spiro atoms. The molecule has 1 rings (SSSR count). The summed E-state index contributed by atoms with van der Waals surface area (Å²) in [7, 11) is 0. The van der Waals surface area contributed by atoms with Crippen molar-refractivity contribution in [3.8, 4) is 0 Å². The van der Waals surface area contributed by atoms with Crippen molar-refractivity contribution in [3.05, 3.63) is 34.9 Å². The Morgan fingerprint density at radius 2 is 1.87 bits per heavy atom. The molecule has 0 atom stereocenters. The number of rotatable bonds is 4. The quantitative estimate of drug-likeness (QED) is 0.590. The topological polar surface area (TPSA) is 12.0 Å². The molecular formula is C13H21NS. The van der Waals surface area contributed by atoms with Crippen LogP contribution in [0.4, 0.5) is 0 Å². The Hall–Kier alpha value is -0.470. The zero-order valence-corrected chi connectivity index (χ0v) is 11.0. The molecule has 0 unspecified atom stereocenters. The van der Waals surface area contributed by atoms with Crippen LogP contribution >= 0.6 is 12.6 Å². The molecular weight excluding hydrogens is 202 g/mol. The fraction of sp³-hybridized carbons (Fsp3) is 0.538. The SMILES string of the molecule is Cc1ccc(C(C)(C)CNCS)cc1C. The monoisotopic (exact) mass is 223 g/mol. The maximum atomic E-state index is 4.17. The fourth-order valence-corrected chi connectivity index (χ4v) is 1.74. The van der Waals surface area contributed by atoms with Crippen molar-refractivity contribution in [2.75, 3.05) is 12.4 Å². The van der Waals surface area contributed by atoms with Crippen LogP contribution in [0.2, 0.25) is 0 Å². The Bertz CT molecular complexity index is 331. The highest BCUT2D eigenvalue weighted by Gasteiger charge is 2.19. The van der Waals surface area contributed by atoms with Gasteiger partial charge in [-0.1, -0.05) is 32.0 Å². The van der Waals surface area contributed by atoms with E-state index in [9.17, 15) is 0 Å². The smallest absolute Gasteiger partial charge is 0.0387 e. The van der Waals surface area contributed by atoms with E-state index in [1.807, 2.05) is 0 Å². The van der Waals surface area contributed by atoms with E-state index in [0.717, 1.165) is 12.4 Å². The lowest BCUT2D eigenvalue weighted by Crippen LogP contribution is -2.32. The summed E-state index contributed by atoms with van der Waals surface area (Å²) >= 11 is 4.17. The first-order chi connectivity index (χ1) is 6.97. The molecule has 1 aromatic rings. The molecule has 0 aliphatic carbocycles. The fourth-order valence-electron chi connectivity index (χ4n) is 1.63. The number of hydrogen-bond acceptors (Lipinski definition) is 2. The predicted octanol–water partition coefficient (Wildman–Crippen LogP) is 3.06. The van der Waals surface area contributed by atoms with E-state index in [0.29, 0.717) is 0 Å². The molecule has 1 N–H and O–H groups in total. The number of aryl methyl sites for hydroxylation is 2. The average Bonchev–Trinajstić information content (AvgIpc) is 2.19. The van der Waals surface area contributed by atoms with Gasteiger partial charge in [-0.15, -0.1) is 0 Å². The van der Waals surface area contributed by atoms with E-state index in [-0.39, 0.29) is 5.41 Å². The first-order valence-corrected chi connectivity index (χ1v) is 6.00. The van der Waals surface area contributed by atoms with Crippen LogP contribution in [0, 0.1) is 13.8 Å². The molecule has 2 heteroatoms. The van der Waals surface area contributed by atoms with Crippen molar-refractivity contribution >= 4 is 12.6 Å². The van der Waals surface area contributed by atoms with Gasteiger partial charge in [0.05, 0.1) is 0 Å². The molecule has 0 saturated heterocycles. The Balaban J connectivity index is 2.89. The van der Waals surface area contributed by atoms with Gasteiger partial charge in [0.15, 0.2) is 0 Å². The van der Waals surface area contributed by atoms with Gasteiger partial charge >= 0.3 is 0 Å². The second kappa shape index (κ2) is 5.04. The molecule has 84 valence electrons. The van der Waals surface area contributed by atoms with E-state index in [4.69, 9.17) is 0 Å². The van der Waals surface area contributed by atoms with Gasteiger partial charge in [0.1, 0.15) is 0 Å². The zero-order valence-electron chi connectivity index (χ0n) is 10.1. The van der Waals surface area contributed by atoms with Crippen LogP contribution in [0.15, 0.2) is 18.2 Å². The molecule has 0 bridgehead atoms. The highest BCUT2D eigenvalue weighted by molar-refractivity contribution is 7.80. The third-order valence-electron chi connectivity index (χ3n) is 2.97. The molecule has 0 aromatic heterocycles. The molecule has 0 aliphatic rings. The molecule has 0 aliphatic heterocycles. The minimum atomic E-state index is 0.168. The van der Waals surface area contributed by atoms with E-state index in [1.54, 1.807) is 0 Å². The van der Waals surface area contributed by atoms with Gasteiger partial charge in [0.2, 0.25) is 0 Å². The first kappa shape index (κ1) is 12.6. The standard InChI is InChI=1S/C13H21NS/c1-10-5-6-12(7-11(10)2)13(3,4)8-14-9-15/h5-7,14-15H,8-9H2,1-4H3. The number of nitrogens with one attached hydrogen (secondary N) is 1. The van der Waals surface area contributed by atoms with Gasteiger partial charge in [0, 0.05) is 17.8 Å². The van der Waals surface area contributed by atoms with Gasteiger partial charge in [-0.25, -0.2) is 0 Å². The summed E-state index contributed by atoms with van der Waals surface area (Å²) in [6.07, 6.45) is 0. The maximum absolute atomic E-state index is 4.17. The predicted molar refractivity (Wildman–Crippen MR) is 70.8 cm³/mol. The molecule has 0 heterocycles. The normalized spacial score (nSPS) is 11.8. The van der Waals surface area contributed by atoms with Gasteiger partial charge in [-0.05, 0) is 30.5 Å². The second-order valence-electron chi connectivity index (χ2n) is 4.77. The summed E-state index contributed by atoms with van der Waals surface area (Å²) in [5, 5.41) is 3.29. The molecule has 0 amide bonds. The average molecular weight is 223 g/mol. The number of thiol groups is 1. The largest absolute Gasteiger partial charge is 0.307 e. The van der Waals surface area contributed by atoms with Gasteiger partial charge in [0.25, 0.3) is 0 Å². The van der Waals surface area contributed by atoms with Gasteiger partial charge in [-0.3, -0.25) is 0 Å². The summed E-state index contributed by atoms with van der Waals surface area (Å²) < 4.78 is 0. The lowest BCUT2D eigenvalue weighted by Gasteiger charge is -2.26. The number of hydrogen-bond donors (Lipinski definition) is 2. The van der Waals surface area contributed by atoms with Crippen molar-refractivity contribution in [2.45, 2.75) is 33.1 Å². The van der Waals surface area contributed by atoms with Crippen molar-refractivity contribution in [1.82, 2.24) is 5.32 Å². The van der Waals surface area contributed by atoms with Crippen LogP contribution in [0.3, 0.4) is 0 Å². The van der Waals surface area contributed by atoms with E-state index in [2.05, 4.69) is 63.8 Å². The maximum Gasteiger partial charge on any atom is 0.0387 e. The summed E-state index contributed by atoms with van der Waals surface area (Å²) in [4.78, 5) is 0. The van der Waals surface area contributed by atoms with Crippen molar-refractivity contribution in [3.63, 3.8) is 0 Å². The highest BCUT2D eigenvalue weighted by atomic mass is 32.1. The highest BCUT2D eigenvalue weighted by Crippen LogP contribution is 2.24. The third kappa shape index (κ3) is 3.25. The van der Waals surface area contributed by atoms with Crippen LogP contribution in [-0.2, 0) is 5.41 Å². The van der Waals surface area contributed by atoms with Crippen LogP contribution in [0.5, 0.6) is 0 Å². The lowest BCUT2D eigenvalue weighted by atomic mass is 9.83. The molecule has 15 heavy (non-hydrogen) atoms. The van der Waals surface area contributed by atoms with Crippen molar-refractivity contribution in [2.24, 2.45) is 0 Å². The van der Waals surface area contributed by atoms with Crippen LogP contribution in [0.1, 0.15) is 30.5 Å². The van der Waals surface area contributed by atoms with Gasteiger partial charge < -0.3 is 5.32 Å². The summed E-state index contributed by atoms with van der Waals surface area (Å²) in [5.74, 6) is 0.730. The molecule has 1 nitrogen and oxygen atoms in total. The molecule has 1 aromatic carbocycles. The van der Waals surface area contributed by atoms with Crippen LogP contribution in [0.25, 0.3) is 0 Å². The summed E-state index contributed by atoms with van der Waals surface area (Å²) in [6.45, 7) is 9.79. The minimum Gasteiger partial charge on any atom is -0.307 e. The molecule has 0 radical (unpaired) electrons. The minimum absolute atomic E-state index is 0.168. The van der Waals surface area contributed by atoms with E-state index in [1.165, 1.54) is 16.7 Å². The summed E-state index contributed by atoms with van der Waals surface area (Å²) in [6, 6.07) is 6.71. The Kier molecular flexibility index (Phi) is 4.23. The van der Waals surface area contributed by atoms with Crippen molar-refractivity contribution in [1.29, 1.82) is 0 Å². The van der Waals surface area contributed by atoms with Crippen LogP contribution < -0.4 is 5.32 Å². The van der Waals surface area contributed by atoms with Crippen molar-refractivity contribution < 1.29 is 0 Å². The third-order valence-corrected chi connectivity index (χ3v) is 3.19. The Morgan fingerprint density at radius 3 is 2.40 bits per heavy atom. The second-order valence-corrected chi connectivity index (χ2v) is 5.08. The first-order valence-electron chi connectivity index (χ1n) is 5.36. The summed E-state index contributed by atoms with van der Waals surface area (Å²) in [5.41, 5.74) is 4.28. The Labute approximate surface area is 98.7 Å². The van der Waals surface area contributed by atoms with Crippen LogP contribution in [-0.4, -0.2) is 12.4 Å². The zero-order chi connectivity index (χ0) is 11.5. The lowest BCUT2D eigenvalue weighted by molar-refractivity contribution is 0.490. The van der Waals surface area contributed by atoms with E-state index >= 15 is 0 Å². The molecule has 0 fully saturated rings. The van der Waals surface area contributed by atoms with E-state index < -0.39 is 0 Å². The number of benzene rings is 1. The Morgan fingerprint density at radius 1 is 1.20 bits per heavy atom. The molecule has 0 saturated carbocycles. The van der Waals surface area contributed by atoms with Gasteiger partial charge in [-0.2, -0.15) is 12.6 Å².